The standard InChI is InChI=1S/C13H14N2O3S/c1-2-18-12-6-4-3-5-11(12)14-9-10-7-8-13(19-10)15(16)17/h3-8,14H,2,9H2,1H3. The predicted octanol–water partition coefficient (Wildman–Crippen LogP) is 3.67. The number of nitrogens with one attached hydrogen (secondary N) is 1. The highest BCUT2D eigenvalue weighted by atomic mass is 32.1. The summed E-state index contributed by atoms with van der Waals surface area (Å²) < 4.78 is 5.50. The van der Waals surface area contributed by atoms with E-state index in [1.165, 1.54) is 17.4 Å². The lowest BCUT2D eigenvalue weighted by Gasteiger charge is -2.11. The van der Waals surface area contributed by atoms with Crippen molar-refractivity contribution < 1.29 is 9.66 Å². The molecule has 1 heterocycles. The van der Waals surface area contributed by atoms with Gasteiger partial charge in [-0.2, -0.15) is 0 Å². The van der Waals surface area contributed by atoms with Gasteiger partial charge >= 0.3 is 5.00 Å². The summed E-state index contributed by atoms with van der Waals surface area (Å²) in [7, 11) is 0. The Hall–Kier alpha value is -2.08. The summed E-state index contributed by atoms with van der Waals surface area (Å²) in [6.45, 7) is 3.07. The van der Waals surface area contributed by atoms with Crippen molar-refractivity contribution in [2.45, 2.75) is 13.5 Å². The zero-order chi connectivity index (χ0) is 13.7. The second-order valence-electron chi connectivity index (χ2n) is 3.78. The second kappa shape index (κ2) is 6.19. The van der Waals surface area contributed by atoms with Crippen molar-refractivity contribution >= 4 is 22.0 Å². The molecule has 2 aromatic rings. The molecule has 0 aliphatic rings. The molecule has 1 N–H and O–H groups in total. The van der Waals surface area contributed by atoms with Gasteiger partial charge in [0.05, 0.1) is 17.2 Å². The van der Waals surface area contributed by atoms with Gasteiger partial charge in [-0.05, 0) is 25.1 Å². The smallest absolute Gasteiger partial charge is 0.324 e. The van der Waals surface area contributed by atoms with Crippen molar-refractivity contribution in [3.63, 3.8) is 0 Å². The van der Waals surface area contributed by atoms with E-state index in [1.54, 1.807) is 6.07 Å². The molecule has 0 spiro atoms. The van der Waals surface area contributed by atoms with Crippen LogP contribution in [0, 0.1) is 10.1 Å². The molecule has 100 valence electrons. The van der Waals surface area contributed by atoms with Gasteiger partial charge in [0.1, 0.15) is 5.75 Å². The van der Waals surface area contributed by atoms with E-state index in [1.807, 2.05) is 31.2 Å². The van der Waals surface area contributed by atoms with E-state index >= 15 is 0 Å². The van der Waals surface area contributed by atoms with Gasteiger partial charge in [-0.15, -0.1) is 0 Å². The first-order chi connectivity index (χ1) is 9.20. The first-order valence-electron chi connectivity index (χ1n) is 5.89. The zero-order valence-corrected chi connectivity index (χ0v) is 11.3. The molecule has 0 aliphatic carbocycles. The Morgan fingerprint density at radius 2 is 2.11 bits per heavy atom. The van der Waals surface area contributed by atoms with Crippen LogP contribution in [-0.4, -0.2) is 11.5 Å². The minimum absolute atomic E-state index is 0.162. The van der Waals surface area contributed by atoms with Crippen LogP contribution >= 0.6 is 11.3 Å². The Bertz CT molecular complexity index is 569. The SMILES string of the molecule is CCOc1ccccc1NCc1ccc([N+](=O)[O-])s1. The molecule has 5 nitrogen and oxygen atoms in total. The number of para-hydroxylation sites is 2. The highest BCUT2D eigenvalue weighted by Gasteiger charge is 2.10. The molecular formula is C13H14N2O3S. The fraction of sp³-hybridized carbons (Fsp3) is 0.231. The van der Waals surface area contributed by atoms with Crippen LogP contribution in [-0.2, 0) is 6.54 Å². The average molecular weight is 278 g/mol. The van der Waals surface area contributed by atoms with Gasteiger partial charge in [0, 0.05) is 17.5 Å². The molecule has 1 aromatic carbocycles. The minimum Gasteiger partial charge on any atom is -0.492 e. The van der Waals surface area contributed by atoms with E-state index in [4.69, 9.17) is 4.74 Å². The van der Waals surface area contributed by atoms with Crippen LogP contribution in [0.25, 0.3) is 0 Å². The lowest BCUT2D eigenvalue weighted by molar-refractivity contribution is -0.380. The monoisotopic (exact) mass is 278 g/mol. The van der Waals surface area contributed by atoms with E-state index in [0.717, 1.165) is 16.3 Å². The van der Waals surface area contributed by atoms with Crippen LogP contribution in [0.3, 0.4) is 0 Å². The van der Waals surface area contributed by atoms with Crippen molar-refractivity contribution in [1.29, 1.82) is 0 Å². The fourth-order valence-electron chi connectivity index (χ4n) is 1.64. The molecule has 19 heavy (non-hydrogen) atoms. The van der Waals surface area contributed by atoms with E-state index in [9.17, 15) is 10.1 Å². The highest BCUT2D eigenvalue weighted by molar-refractivity contribution is 7.15. The molecule has 0 saturated carbocycles. The highest BCUT2D eigenvalue weighted by Crippen LogP contribution is 2.27. The van der Waals surface area contributed by atoms with Crippen LogP contribution < -0.4 is 10.1 Å². The molecule has 0 radical (unpaired) electrons. The summed E-state index contributed by atoms with van der Waals surface area (Å²) in [5.74, 6) is 0.788. The molecule has 0 bridgehead atoms. The summed E-state index contributed by atoms with van der Waals surface area (Å²) in [6.07, 6.45) is 0. The Kier molecular flexibility index (Phi) is 4.35. The molecule has 0 unspecified atom stereocenters. The van der Waals surface area contributed by atoms with Crippen molar-refractivity contribution in [2.75, 3.05) is 11.9 Å². The number of benzene rings is 1. The van der Waals surface area contributed by atoms with Crippen LogP contribution in [0.5, 0.6) is 5.75 Å². The summed E-state index contributed by atoms with van der Waals surface area (Å²) >= 11 is 1.18. The second-order valence-corrected chi connectivity index (χ2v) is 4.93. The zero-order valence-electron chi connectivity index (χ0n) is 10.5. The van der Waals surface area contributed by atoms with Crippen LogP contribution in [0.2, 0.25) is 0 Å². The van der Waals surface area contributed by atoms with E-state index in [0.29, 0.717) is 13.2 Å². The number of anilines is 1. The number of nitrogens with zero attached hydrogens (tertiary/aromatic N) is 1. The largest absolute Gasteiger partial charge is 0.492 e. The molecule has 0 atom stereocenters. The number of rotatable bonds is 6. The van der Waals surface area contributed by atoms with Crippen molar-refractivity contribution in [1.82, 2.24) is 0 Å². The topological polar surface area (TPSA) is 64.4 Å². The molecule has 2 rings (SSSR count). The number of hydrogen-bond donors (Lipinski definition) is 1. The number of hydrogen-bond acceptors (Lipinski definition) is 5. The number of ether oxygens (including phenoxy) is 1. The van der Waals surface area contributed by atoms with Crippen LogP contribution in [0.4, 0.5) is 10.7 Å². The Morgan fingerprint density at radius 3 is 2.79 bits per heavy atom. The first-order valence-corrected chi connectivity index (χ1v) is 6.71. The quantitative estimate of drug-likeness (QED) is 0.647. The Balaban J connectivity index is 2.03. The summed E-state index contributed by atoms with van der Waals surface area (Å²) in [6, 6.07) is 10.9. The maximum absolute atomic E-state index is 10.6. The normalized spacial score (nSPS) is 10.2. The van der Waals surface area contributed by atoms with E-state index < -0.39 is 0 Å². The Morgan fingerprint density at radius 1 is 1.32 bits per heavy atom. The molecule has 6 heteroatoms. The first kappa shape index (κ1) is 13.4. The van der Waals surface area contributed by atoms with Crippen LogP contribution in [0.1, 0.15) is 11.8 Å². The molecule has 0 saturated heterocycles. The van der Waals surface area contributed by atoms with Gasteiger partial charge in [0.15, 0.2) is 0 Å². The van der Waals surface area contributed by atoms with Crippen molar-refractivity contribution in [3.05, 3.63) is 51.4 Å². The Labute approximate surface area is 115 Å². The average Bonchev–Trinajstić information content (AvgIpc) is 2.87. The molecule has 0 amide bonds. The summed E-state index contributed by atoms with van der Waals surface area (Å²) in [5, 5.41) is 14.0. The lowest BCUT2D eigenvalue weighted by Crippen LogP contribution is -2.01. The maximum Gasteiger partial charge on any atom is 0.324 e. The maximum atomic E-state index is 10.6. The van der Waals surface area contributed by atoms with Crippen molar-refractivity contribution in [3.8, 4) is 5.75 Å². The number of thiophene rings is 1. The van der Waals surface area contributed by atoms with Gasteiger partial charge in [-0.1, -0.05) is 23.5 Å². The summed E-state index contributed by atoms with van der Waals surface area (Å²) in [5.41, 5.74) is 0.889. The van der Waals surface area contributed by atoms with Gasteiger partial charge in [0.2, 0.25) is 0 Å². The third-order valence-corrected chi connectivity index (χ3v) is 3.50. The minimum atomic E-state index is -0.373. The van der Waals surface area contributed by atoms with E-state index in [-0.39, 0.29) is 9.92 Å². The molecular weight excluding hydrogens is 264 g/mol. The van der Waals surface area contributed by atoms with Crippen LogP contribution in [0.15, 0.2) is 36.4 Å². The summed E-state index contributed by atoms with van der Waals surface area (Å²) in [4.78, 5) is 11.1. The van der Waals surface area contributed by atoms with Gasteiger partial charge in [-0.25, -0.2) is 0 Å². The van der Waals surface area contributed by atoms with Crippen molar-refractivity contribution in [2.24, 2.45) is 0 Å². The predicted molar refractivity (Wildman–Crippen MR) is 75.9 cm³/mol. The third-order valence-electron chi connectivity index (χ3n) is 2.47. The van der Waals surface area contributed by atoms with Gasteiger partial charge < -0.3 is 10.1 Å². The molecule has 0 aliphatic heterocycles. The molecule has 0 fully saturated rings. The van der Waals surface area contributed by atoms with Gasteiger partial charge in [-0.3, -0.25) is 10.1 Å². The van der Waals surface area contributed by atoms with Gasteiger partial charge in [0.25, 0.3) is 0 Å². The molecule has 1 aromatic heterocycles. The number of nitro groups is 1. The lowest BCUT2D eigenvalue weighted by atomic mass is 10.3. The van der Waals surface area contributed by atoms with E-state index in [2.05, 4.69) is 5.32 Å². The third kappa shape index (κ3) is 3.45. The fourth-order valence-corrected chi connectivity index (χ4v) is 2.40.